The Balaban J connectivity index is 1.21. The first-order valence-electron chi connectivity index (χ1n) is 11.2. The number of β-amino-alcohol motifs (C(OH)–C–C–N with tert-alkyl or cyclic N) is 1. The number of likely N-dealkylation sites (tertiary alicyclic amines) is 1. The molecule has 6 heteroatoms. The number of hydrogen-bond acceptors (Lipinski definition) is 5. The molecule has 0 bridgehead atoms. The van der Waals surface area contributed by atoms with E-state index in [1.54, 1.807) is 0 Å². The van der Waals surface area contributed by atoms with Crippen LogP contribution >= 0.6 is 0 Å². The van der Waals surface area contributed by atoms with Crippen LogP contribution in [-0.4, -0.2) is 73.3 Å². The molecule has 2 atom stereocenters. The third-order valence-electron chi connectivity index (χ3n) is 6.32. The highest BCUT2D eigenvalue weighted by atomic mass is 16.5. The molecule has 2 N–H and O–H groups in total. The number of carbonyl (C=O) groups excluding carboxylic acids is 1. The molecule has 2 aliphatic heterocycles. The van der Waals surface area contributed by atoms with E-state index >= 15 is 0 Å². The molecular weight excluding hydrogens is 390 g/mol. The summed E-state index contributed by atoms with van der Waals surface area (Å²) in [6.45, 7) is 4.61. The zero-order chi connectivity index (χ0) is 21.6. The van der Waals surface area contributed by atoms with Gasteiger partial charge in [0.05, 0.1) is 6.10 Å². The Labute approximate surface area is 184 Å². The molecule has 2 heterocycles. The third-order valence-corrected chi connectivity index (χ3v) is 6.32. The molecule has 1 fully saturated rings. The standard InChI is InChI=1S/C25H33N3O3/c1-27-12-10-21(15-27)23-8-4-5-9-24(23)31-18-25(30)26-14-22(29)17-28-13-11-19-6-2-3-7-20(19)16-28/h2-9,21-22,29H,10-18H2,1H3,(H,26,30). The number of carbonyl (C=O) groups is 1. The smallest absolute Gasteiger partial charge is 0.258 e. The van der Waals surface area contributed by atoms with Gasteiger partial charge >= 0.3 is 0 Å². The molecule has 0 radical (unpaired) electrons. The minimum absolute atomic E-state index is 0.0383. The van der Waals surface area contributed by atoms with Gasteiger partial charge in [0, 0.05) is 38.6 Å². The molecule has 1 saturated heterocycles. The molecule has 2 aromatic rings. The van der Waals surface area contributed by atoms with Gasteiger partial charge in [-0.05, 0) is 49.2 Å². The van der Waals surface area contributed by atoms with Crippen molar-refractivity contribution >= 4 is 5.91 Å². The van der Waals surface area contributed by atoms with Crippen LogP contribution in [-0.2, 0) is 17.8 Å². The van der Waals surface area contributed by atoms with E-state index in [9.17, 15) is 9.90 Å². The maximum Gasteiger partial charge on any atom is 0.258 e. The lowest BCUT2D eigenvalue weighted by atomic mass is 9.97. The minimum Gasteiger partial charge on any atom is -0.483 e. The van der Waals surface area contributed by atoms with Crippen LogP contribution in [0.3, 0.4) is 0 Å². The molecule has 0 aliphatic carbocycles. The second-order valence-corrected chi connectivity index (χ2v) is 8.79. The average Bonchev–Trinajstić information content (AvgIpc) is 3.22. The fraction of sp³-hybridized carbons (Fsp3) is 0.480. The lowest BCUT2D eigenvalue weighted by molar-refractivity contribution is -0.123. The van der Waals surface area contributed by atoms with E-state index in [1.165, 1.54) is 16.7 Å². The summed E-state index contributed by atoms with van der Waals surface area (Å²) in [5.74, 6) is 1.02. The lowest BCUT2D eigenvalue weighted by Gasteiger charge is -2.30. The number of ether oxygens (including phenoxy) is 1. The molecule has 6 nitrogen and oxygen atoms in total. The van der Waals surface area contributed by atoms with Crippen molar-refractivity contribution in [1.29, 1.82) is 0 Å². The normalized spacial score (nSPS) is 20.3. The van der Waals surface area contributed by atoms with E-state index in [0.717, 1.165) is 44.8 Å². The molecule has 31 heavy (non-hydrogen) atoms. The number of nitrogens with zero attached hydrogens (tertiary/aromatic N) is 2. The maximum atomic E-state index is 12.3. The number of fused-ring (bicyclic) bond motifs is 1. The molecule has 2 aliphatic rings. The van der Waals surface area contributed by atoms with Crippen LogP contribution in [0.4, 0.5) is 0 Å². The second kappa shape index (κ2) is 10.3. The van der Waals surface area contributed by atoms with Gasteiger partial charge in [0.2, 0.25) is 0 Å². The molecule has 1 amide bonds. The van der Waals surface area contributed by atoms with E-state index in [4.69, 9.17) is 4.74 Å². The summed E-state index contributed by atoms with van der Waals surface area (Å²) in [5.41, 5.74) is 3.89. The second-order valence-electron chi connectivity index (χ2n) is 8.79. The van der Waals surface area contributed by atoms with Crippen molar-refractivity contribution in [3.8, 4) is 5.75 Å². The van der Waals surface area contributed by atoms with Gasteiger partial charge in [-0.15, -0.1) is 0 Å². The zero-order valence-corrected chi connectivity index (χ0v) is 18.3. The summed E-state index contributed by atoms with van der Waals surface area (Å²) in [6.07, 6.45) is 1.51. The van der Waals surface area contributed by atoms with Crippen molar-refractivity contribution in [3.63, 3.8) is 0 Å². The quantitative estimate of drug-likeness (QED) is 0.680. The average molecular weight is 424 g/mol. The number of hydrogen-bond donors (Lipinski definition) is 2. The fourth-order valence-corrected chi connectivity index (χ4v) is 4.64. The largest absolute Gasteiger partial charge is 0.483 e. The van der Waals surface area contributed by atoms with Gasteiger partial charge in [0.1, 0.15) is 5.75 Å². The van der Waals surface area contributed by atoms with E-state index in [2.05, 4.69) is 52.5 Å². The first-order chi connectivity index (χ1) is 15.1. The first kappa shape index (κ1) is 21.8. The number of benzene rings is 2. The van der Waals surface area contributed by atoms with Crippen LogP contribution < -0.4 is 10.1 Å². The molecule has 2 aromatic carbocycles. The van der Waals surface area contributed by atoms with Crippen LogP contribution in [0, 0.1) is 0 Å². The Morgan fingerprint density at radius 2 is 1.94 bits per heavy atom. The number of rotatable bonds is 8. The molecule has 4 rings (SSSR count). The molecular formula is C25H33N3O3. The van der Waals surface area contributed by atoms with Crippen molar-refractivity contribution in [2.75, 3.05) is 46.4 Å². The highest BCUT2D eigenvalue weighted by molar-refractivity contribution is 5.77. The predicted molar refractivity (Wildman–Crippen MR) is 121 cm³/mol. The summed E-state index contributed by atoms with van der Waals surface area (Å²) < 4.78 is 5.85. The Kier molecular flexibility index (Phi) is 7.22. The number of amides is 1. The van der Waals surface area contributed by atoms with Crippen LogP contribution in [0.15, 0.2) is 48.5 Å². The van der Waals surface area contributed by atoms with Crippen molar-refractivity contribution in [2.24, 2.45) is 0 Å². The Morgan fingerprint density at radius 1 is 1.16 bits per heavy atom. The van der Waals surface area contributed by atoms with E-state index in [0.29, 0.717) is 12.5 Å². The topological polar surface area (TPSA) is 65.0 Å². The van der Waals surface area contributed by atoms with Gasteiger partial charge in [0.15, 0.2) is 6.61 Å². The van der Waals surface area contributed by atoms with E-state index in [-0.39, 0.29) is 19.1 Å². The number of aliphatic hydroxyl groups is 1. The number of nitrogens with one attached hydrogen (secondary N) is 1. The van der Waals surface area contributed by atoms with Gasteiger partial charge < -0.3 is 20.1 Å². The summed E-state index contributed by atoms with van der Waals surface area (Å²) in [4.78, 5) is 16.8. The van der Waals surface area contributed by atoms with Crippen molar-refractivity contribution in [2.45, 2.75) is 31.4 Å². The Morgan fingerprint density at radius 3 is 2.74 bits per heavy atom. The molecule has 0 saturated carbocycles. The summed E-state index contributed by atoms with van der Waals surface area (Å²) >= 11 is 0. The van der Waals surface area contributed by atoms with E-state index in [1.807, 2.05) is 18.2 Å². The minimum atomic E-state index is -0.601. The van der Waals surface area contributed by atoms with Crippen LogP contribution in [0.25, 0.3) is 0 Å². The Bertz CT molecular complexity index is 888. The van der Waals surface area contributed by atoms with Crippen molar-refractivity contribution in [3.05, 3.63) is 65.2 Å². The summed E-state index contributed by atoms with van der Waals surface area (Å²) in [6, 6.07) is 16.4. The molecule has 0 spiro atoms. The highest BCUT2D eigenvalue weighted by Gasteiger charge is 2.24. The van der Waals surface area contributed by atoms with Gasteiger partial charge in [-0.2, -0.15) is 0 Å². The van der Waals surface area contributed by atoms with E-state index < -0.39 is 6.10 Å². The molecule has 0 aromatic heterocycles. The number of aliphatic hydroxyl groups excluding tert-OH is 1. The third kappa shape index (κ3) is 5.85. The SMILES string of the molecule is CN1CCC(c2ccccc2OCC(=O)NCC(O)CN2CCc3ccccc3C2)C1. The maximum absolute atomic E-state index is 12.3. The van der Waals surface area contributed by atoms with Crippen LogP contribution in [0.1, 0.15) is 29.0 Å². The van der Waals surface area contributed by atoms with Crippen molar-refractivity contribution in [1.82, 2.24) is 15.1 Å². The van der Waals surface area contributed by atoms with Crippen LogP contribution in [0.2, 0.25) is 0 Å². The fourth-order valence-electron chi connectivity index (χ4n) is 4.64. The lowest BCUT2D eigenvalue weighted by Crippen LogP contribution is -2.42. The number of para-hydroxylation sites is 1. The first-order valence-corrected chi connectivity index (χ1v) is 11.2. The predicted octanol–water partition coefficient (Wildman–Crippen LogP) is 2.02. The molecule has 166 valence electrons. The zero-order valence-electron chi connectivity index (χ0n) is 18.3. The van der Waals surface area contributed by atoms with Gasteiger partial charge in [-0.1, -0.05) is 42.5 Å². The molecule has 2 unspecified atom stereocenters. The summed E-state index contributed by atoms with van der Waals surface area (Å²) in [5, 5.41) is 13.2. The van der Waals surface area contributed by atoms with Gasteiger partial charge in [0.25, 0.3) is 5.91 Å². The van der Waals surface area contributed by atoms with Gasteiger partial charge in [-0.3, -0.25) is 9.69 Å². The summed E-state index contributed by atoms with van der Waals surface area (Å²) in [7, 11) is 2.13. The number of likely N-dealkylation sites (N-methyl/N-ethyl adjacent to an activating group) is 1. The van der Waals surface area contributed by atoms with Crippen LogP contribution in [0.5, 0.6) is 5.75 Å². The van der Waals surface area contributed by atoms with Crippen molar-refractivity contribution < 1.29 is 14.6 Å². The Hall–Kier alpha value is -2.41. The highest BCUT2D eigenvalue weighted by Crippen LogP contribution is 2.32. The monoisotopic (exact) mass is 423 g/mol. The van der Waals surface area contributed by atoms with Gasteiger partial charge in [-0.25, -0.2) is 0 Å².